The molecule has 1 aliphatic heterocycles. The van der Waals surface area contributed by atoms with Crippen LogP contribution in [0.5, 0.6) is 5.75 Å². The molecule has 1 saturated carbocycles. The van der Waals surface area contributed by atoms with Crippen molar-refractivity contribution < 1.29 is 28.9 Å². The van der Waals surface area contributed by atoms with Crippen LogP contribution in [0.4, 0.5) is 4.79 Å². The summed E-state index contributed by atoms with van der Waals surface area (Å²) in [5, 5.41) is 12.4. The molecule has 1 saturated heterocycles. The van der Waals surface area contributed by atoms with E-state index in [0.29, 0.717) is 30.9 Å². The topological polar surface area (TPSA) is 90.2 Å². The van der Waals surface area contributed by atoms with Crippen LogP contribution < -0.4 is 4.74 Å². The van der Waals surface area contributed by atoms with E-state index in [0.717, 1.165) is 63.0 Å². The average molecular weight is 579 g/mol. The van der Waals surface area contributed by atoms with Crippen LogP contribution in [-0.2, 0) is 21.2 Å². The Morgan fingerprint density at radius 2 is 1.80 bits per heavy atom. The van der Waals surface area contributed by atoms with Gasteiger partial charge in [0.05, 0.1) is 30.9 Å². The normalized spacial score (nSPS) is 23.5. The molecule has 9 heteroatoms. The van der Waals surface area contributed by atoms with Crippen molar-refractivity contribution in [3.63, 3.8) is 0 Å². The third kappa shape index (κ3) is 5.55. The Balaban J connectivity index is 1.57. The van der Waals surface area contributed by atoms with Gasteiger partial charge in [0, 0.05) is 45.6 Å². The first-order valence-corrected chi connectivity index (χ1v) is 15.4. The van der Waals surface area contributed by atoms with Crippen molar-refractivity contribution in [3.05, 3.63) is 64.8 Å². The SMILES string of the molecule is COC(=O)c1ccc([C@@]2([SiH3])C[C@@](O)(C3CC3)CCN2Cc2c(OC)cc(C)c3c2ccn3C(=O)OC(C)(C)C)cc1. The molecule has 2 atom stereocenters. The third-order valence-corrected chi connectivity index (χ3v) is 10.4. The second-order valence-electron chi connectivity index (χ2n) is 12.9. The lowest BCUT2D eigenvalue weighted by molar-refractivity contribution is -0.0798. The standard InChI is InChI=1S/C32H42N2O6Si/c1-20-17-26(38-5)25(24-13-15-34(27(20)24)29(36)40-30(2,3)4)18-33-16-14-31(37,22-11-12-22)19-32(33,41)23-9-7-21(8-10-23)28(35)39-6/h7-10,13,15,17,22,37H,11-12,14,16,18-19H2,1-6,41H3/t31-,32+/m1/s1. The number of methoxy groups -OCH3 is 2. The summed E-state index contributed by atoms with van der Waals surface area (Å²) in [6.45, 7) is 8.87. The molecule has 3 aromatic rings. The van der Waals surface area contributed by atoms with Crippen LogP contribution in [0.25, 0.3) is 10.9 Å². The second kappa shape index (κ2) is 10.6. The van der Waals surface area contributed by atoms with E-state index in [4.69, 9.17) is 14.2 Å². The Morgan fingerprint density at radius 1 is 1.12 bits per heavy atom. The molecule has 2 aromatic carbocycles. The minimum Gasteiger partial charge on any atom is -0.496 e. The van der Waals surface area contributed by atoms with E-state index in [2.05, 4.69) is 4.90 Å². The summed E-state index contributed by atoms with van der Waals surface area (Å²) >= 11 is 0. The maximum atomic E-state index is 13.1. The zero-order valence-electron chi connectivity index (χ0n) is 25.2. The molecule has 1 aromatic heterocycles. The van der Waals surface area contributed by atoms with Gasteiger partial charge in [0.25, 0.3) is 0 Å². The highest BCUT2D eigenvalue weighted by Gasteiger charge is 2.53. The Kier molecular flexibility index (Phi) is 7.59. The van der Waals surface area contributed by atoms with E-state index in [-0.39, 0.29) is 11.1 Å². The van der Waals surface area contributed by atoms with Gasteiger partial charge in [-0.05, 0) is 94.7 Å². The van der Waals surface area contributed by atoms with Crippen molar-refractivity contribution in [1.82, 2.24) is 9.47 Å². The maximum Gasteiger partial charge on any atom is 0.419 e. The van der Waals surface area contributed by atoms with Crippen LogP contribution in [0.15, 0.2) is 42.6 Å². The number of ether oxygens (including phenoxy) is 3. The summed E-state index contributed by atoms with van der Waals surface area (Å²) in [5.41, 5.74) is 3.01. The second-order valence-corrected chi connectivity index (χ2v) is 14.5. The van der Waals surface area contributed by atoms with Gasteiger partial charge >= 0.3 is 12.1 Å². The van der Waals surface area contributed by atoms with Crippen LogP contribution >= 0.6 is 0 Å². The van der Waals surface area contributed by atoms with Crippen molar-refractivity contribution in [2.45, 2.75) is 76.3 Å². The van der Waals surface area contributed by atoms with E-state index < -0.39 is 17.3 Å². The first-order valence-electron chi connectivity index (χ1n) is 14.4. The lowest BCUT2D eigenvalue weighted by Crippen LogP contribution is -2.58. The minimum atomic E-state index is -0.702. The molecule has 8 nitrogen and oxygen atoms in total. The van der Waals surface area contributed by atoms with Gasteiger partial charge in [-0.2, -0.15) is 0 Å². The molecule has 0 radical (unpaired) electrons. The molecule has 2 fully saturated rings. The quantitative estimate of drug-likeness (QED) is 0.341. The highest BCUT2D eigenvalue weighted by molar-refractivity contribution is 6.15. The summed E-state index contributed by atoms with van der Waals surface area (Å²) in [6.07, 6.45) is 4.85. The number of aryl methyl sites for hydroxylation is 1. The largest absolute Gasteiger partial charge is 0.496 e. The van der Waals surface area contributed by atoms with Crippen molar-refractivity contribution >= 4 is 33.2 Å². The maximum absolute atomic E-state index is 13.1. The Labute approximate surface area is 245 Å². The molecule has 0 spiro atoms. The number of fused-ring (bicyclic) bond motifs is 1. The Morgan fingerprint density at radius 3 is 2.39 bits per heavy atom. The fraction of sp³-hybridized carbons (Fsp3) is 0.500. The number of benzene rings is 2. The molecule has 220 valence electrons. The molecule has 1 aliphatic carbocycles. The van der Waals surface area contributed by atoms with Crippen LogP contribution in [0, 0.1) is 12.8 Å². The predicted octanol–water partition coefficient (Wildman–Crippen LogP) is 4.48. The van der Waals surface area contributed by atoms with Crippen LogP contribution in [-0.4, -0.2) is 68.8 Å². The van der Waals surface area contributed by atoms with E-state index in [1.807, 2.05) is 64.1 Å². The third-order valence-electron chi connectivity index (χ3n) is 8.82. The van der Waals surface area contributed by atoms with Gasteiger partial charge in [0.1, 0.15) is 11.4 Å². The van der Waals surface area contributed by atoms with Crippen molar-refractivity contribution in [1.29, 1.82) is 0 Å². The van der Waals surface area contributed by atoms with Crippen molar-refractivity contribution in [2.24, 2.45) is 5.92 Å². The number of likely N-dealkylation sites (tertiary alicyclic amines) is 1. The number of esters is 1. The summed E-state index contributed by atoms with van der Waals surface area (Å²) < 4.78 is 18.1. The number of carbonyl (C=O) groups excluding carboxylic acids is 2. The monoisotopic (exact) mass is 578 g/mol. The molecule has 41 heavy (non-hydrogen) atoms. The van der Waals surface area contributed by atoms with Gasteiger partial charge in [-0.25, -0.2) is 9.59 Å². The summed E-state index contributed by atoms with van der Waals surface area (Å²) in [7, 11) is 3.82. The average Bonchev–Trinajstić information content (AvgIpc) is 3.69. The van der Waals surface area contributed by atoms with Crippen molar-refractivity contribution in [3.8, 4) is 5.75 Å². The van der Waals surface area contributed by atoms with Gasteiger partial charge < -0.3 is 19.3 Å². The van der Waals surface area contributed by atoms with Crippen molar-refractivity contribution in [2.75, 3.05) is 20.8 Å². The molecular weight excluding hydrogens is 536 g/mol. The van der Waals surface area contributed by atoms with Gasteiger partial charge in [0.2, 0.25) is 0 Å². The fourth-order valence-electron chi connectivity index (χ4n) is 6.52. The highest BCUT2D eigenvalue weighted by Crippen LogP contribution is 2.51. The number of nitrogens with zero attached hydrogens (tertiary/aromatic N) is 2. The fourth-order valence-corrected chi connectivity index (χ4v) is 7.85. The van der Waals surface area contributed by atoms with Gasteiger partial charge in [-0.1, -0.05) is 12.1 Å². The lowest BCUT2D eigenvalue weighted by atomic mass is 9.79. The molecule has 2 heterocycles. The molecule has 0 unspecified atom stereocenters. The van der Waals surface area contributed by atoms with Gasteiger partial charge in [0.15, 0.2) is 0 Å². The van der Waals surface area contributed by atoms with Crippen LogP contribution in [0.1, 0.15) is 73.5 Å². The molecule has 5 rings (SSSR count). The predicted molar refractivity (Wildman–Crippen MR) is 162 cm³/mol. The number of hydrogen-bond acceptors (Lipinski definition) is 7. The van der Waals surface area contributed by atoms with Gasteiger partial charge in [-0.15, -0.1) is 0 Å². The zero-order valence-corrected chi connectivity index (χ0v) is 27.2. The number of rotatable bonds is 6. The molecule has 2 aliphatic rings. The molecule has 0 amide bonds. The van der Waals surface area contributed by atoms with Crippen LogP contribution in [0.2, 0.25) is 0 Å². The summed E-state index contributed by atoms with van der Waals surface area (Å²) in [6, 6.07) is 11.6. The first kappa shape index (κ1) is 29.4. The van der Waals surface area contributed by atoms with E-state index in [1.165, 1.54) is 7.11 Å². The number of piperidine rings is 1. The summed E-state index contributed by atoms with van der Waals surface area (Å²) in [5.74, 6) is 0.746. The zero-order chi connectivity index (χ0) is 29.7. The lowest BCUT2D eigenvalue weighted by Gasteiger charge is -2.52. The van der Waals surface area contributed by atoms with E-state index in [1.54, 1.807) is 17.9 Å². The molecular formula is C32H42N2O6Si. The smallest absolute Gasteiger partial charge is 0.419 e. The highest BCUT2D eigenvalue weighted by atomic mass is 28.1. The Bertz CT molecular complexity index is 1470. The first-order chi connectivity index (χ1) is 19.3. The summed E-state index contributed by atoms with van der Waals surface area (Å²) in [4.78, 5) is 27.7. The Hall–Kier alpha value is -3.14. The molecule has 0 bridgehead atoms. The number of aliphatic hydroxyl groups is 1. The van der Waals surface area contributed by atoms with Crippen LogP contribution in [0.3, 0.4) is 0 Å². The molecule has 1 N–H and O–H groups in total. The van der Waals surface area contributed by atoms with E-state index >= 15 is 0 Å². The van der Waals surface area contributed by atoms with Gasteiger partial charge in [-0.3, -0.25) is 9.47 Å². The minimum absolute atomic E-state index is 0.343. The number of carbonyl (C=O) groups is 2. The number of aromatic nitrogens is 1. The van der Waals surface area contributed by atoms with E-state index in [9.17, 15) is 14.7 Å². The number of hydrogen-bond donors (Lipinski definition) is 1.